The zero-order valence-electron chi connectivity index (χ0n) is 10.1. The molecule has 0 aliphatic carbocycles. The molecule has 102 valence electrons. The Labute approximate surface area is 113 Å². The topological polar surface area (TPSA) is 109 Å². The van der Waals surface area contributed by atoms with Crippen LogP contribution in [0.1, 0.15) is 27.4 Å². The number of carboxylic acid groups (broad SMARTS) is 1. The summed E-state index contributed by atoms with van der Waals surface area (Å²) in [4.78, 5) is 33.7. The van der Waals surface area contributed by atoms with E-state index in [1.807, 2.05) is 0 Å². The number of carbonyl (C=O) groups excluding carboxylic acids is 2. The smallest absolute Gasteiger partial charge is 0.328 e. The first-order valence-electron chi connectivity index (χ1n) is 5.56. The van der Waals surface area contributed by atoms with E-state index in [2.05, 4.69) is 5.32 Å². The quantitative estimate of drug-likeness (QED) is 0.508. The fourth-order valence-corrected chi connectivity index (χ4v) is 2.10. The van der Waals surface area contributed by atoms with Gasteiger partial charge in [0.05, 0.1) is 4.88 Å². The van der Waals surface area contributed by atoms with Crippen LogP contribution >= 0.6 is 11.3 Å². The molecule has 0 fully saturated rings. The number of thiophene rings is 1. The predicted molar refractivity (Wildman–Crippen MR) is 71.8 cm³/mol. The van der Waals surface area contributed by atoms with Crippen LogP contribution in [0.15, 0.2) is 18.2 Å². The predicted octanol–water partition coefficient (Wildman–Crippen LogP) is 0.841. The van der Waals surface area contributed by atoms with Crippen molar-refractivity contribution in [1.82, 2.24) is 5.32 Å². The third-order valence-electron chi connectivity index (χ3n) is 2.13. The van der Waals surface area contributed by atoms with Gasteiger partial charge in [-0.15, -0.1) is 11.3 Å². The van der Waals surface area contributed by atoms with Gasteiger partial charge in [0.25, 0.3) is 5.91 Å². The van der Waals surface area contributed by atoms with Gasteiger partial charge in [-0.3, -0.25) is 9.59 Å². The minimum atomic E-state index is -1.04. The van der Waals surface area contributed by atoms with Gasteiger partial charge in [-0.2, -0.15) is 0 Å². The molecule has 0 aliphatic rings. The van der Waals surface area contributed by atoms with Gasteiger partial charge in [0.1, 0.15) is 0 Å². The van der Waals surface area contributed by atoms with E-state index in [4.69, 9.17) is 10.8 Å². The molecule has 0 spiro atoms. The highest BCUT2D eigenvalue weighted by atomic mass is 32.1. The van der Waals surface area contributed by atoms with Gasteiger partial charge < -0.3 is 16.2 Å². The van der Waals surface area contributed by atoms with Crippen molar-refractivity contribution < 1.29 is 19.5 Å². The van der Waals surface area contributed by atoms with Gasteiger partial charge in [0.2, 0.25) is 5.91 Å². The number of carbonyl (C=O) groups is 3. The summed E-state index contributed by atoms with van der Waals surface area (Å²) < 4.78 is 0. The van der Waals surface area contributed by atoms with E-state index in [1.54, 1.807) is 12.1 Å². The van der Waals surface area contributed by atoms with Crippen molar-refractivity contribution in [3.05, 3.63) is 28.0 Å². The molecule has 6 nitrogen and oxygen atoms in total. The van der Waals surface area contributed by atoms with Gasteiger partial charge >= 0.3 is 5.97 Å². The van der Waals surface area contributed by atoms with Crippen molar-refractivity contribution >= 4 is 35.2 Å². The number of primary amides is 1. The Morgan fingerprint density at radius 2 is 2.11 bits per heavy atom. The number of amides is 2. The summed E-state index contributed by atoms with van der Waals surface area (Å²) in [6.07, 6.45) is 3.17. The van der Waals surface area contributed by atoms with Crippen molar-refractivity contribution in [2.75, 3.05) is 6.54 Å². The van der Waals surface area contributed by atoms with Crippen LogP contribution in [-0.4, -0.2) is 29.4 Å². The molecule has 19 heavy (non-hydrogen) atoms. The molecular weight excluding hydrogens is 268 g/mol. The lowest BCUT2D eigenvalue weighted by atomic mass is 10.3. The Morgan fingerprint density at radius 3 is 2.74 bits per heavy atom. The molecule has 1 aromatic rings. The van der Waals surface area contributed by atoms with Crippen LogP contribution < -0.4 is 11.1 Å². The second-order valence-corrected chi connectivity index (χ2v) is 4.81. The van der Waals surface area contributed by atoms with E-state index in [9.17, 15) is 14.4 Å². The lowest BCUT2D eigenvalue weighted by Gasteiger charge is -2.01. The molecule has 0 unspecified atom stereocenters. The lowest BCUT2D eigenvalue weighted by molar-refractivity contribution is -0.131. The van der Waals surface area contributed by atoms with Crippen LogP contribution in [0.25, 0.3) is 6.08 Å². The third kappa shape index (κ3) is 5.82. The van der Waals surface area contributed by atoms with E-state index in [0.717, 1.165) is 6.08 Å². The number of aliphatic carboxylic acids is 1. The SMILES string of the molecule is NC(=O)CCCNC(=O)c1ccc(C=CC(=O)O)s1. The molecule has 1 heterocycles. The van der Waals surface area contributed by atoms with Crippen LogP contribution in [0.4, 0.5) is 0 Å². The van der Waals surface area contributed by atoms with Crippen molar-refractivity contribution in [2.24, 2.45) is 5.73 Å². The highest BCUT2D eigenvalue weighted by molar-refractivity contribution is 7.14. The minimum Gasteiger partial charge on any atom is -0.478 e. The first-order chi connectivity index (χ1) is 8.99. The maximum Gasteiger partial charge on any atom is 0.328 e. The maximum absolute atomic E-state index is 11.7. The minimum absolute atomic E-state index is 0.233. The lowest BCUT2D eigenvalue weighted by Crippen LogP contribution is -2.24. The summed E-state index contributed by atoms with van der Waals surface area (Å²) in [6, 6.07) is 3.29. The Hall–Kier alpha value is -2.15. The molecule has 0 saturated carbocycles. The summed E-state index contributed by atoms with van der Waals surface area (Å²) >= 11 is 1.19. The first kappa shape index (κ1) is 14.9. The normalized spacial score (nSPS) is 10.5. The van der Waals surface area contributed by atoms with Crippen LogP contribution in [-0.2, 0) is 9.59 Å². The Balaban J connectivity index is 2.45. The van der Waals surface area contributed by atoms with Crippen molar-refractivity contribution in [3.63, 3.8) is 0 Å². The second kappa shape index (κ2) is 7.32. The Morgan fingerprint density at radius 1 is 1.37 bits per heavy atom. The first-order valence-corrected chi connectivity index (χ1v) is 6.38. The Bertz CT molecular complexity index is 508. The number of rotatable bonds is 7. The third-order valence-corrected chi connectivity index (χ3v) is 3.18. The summed E-state index contributed by atoms with van der Waals surface area (Å²) in [7, 11) is 0. The zero-order valence-corrected chi connectivity index (χ0v) is 10.9. The highest BCUT2D eigenvalue weighted by Gasteiger charge is 2.07. The molecule has 0 aliphatic heterocycles. The van der Waals surface area contributed by atoms with Gasteiger partial charge in [0.15, 0.2) is 0 Å². The van der Waals surface area contributed by atoms with E-state index in [-0.39, 0.29) is 12.3 Å². The molecule has 0 saturated heterocycles. The van der Waals surface area contributed by atoms with E-state index in [0.29, 0.717) is 22.7 Å². The fourth-order valence-electron chi connectivity index (χ4n) is 1.27. The van der Waals surface area contributed by atoms with E-state index in [1.165, 1.54) is 17.4 Å². The molecule has 1 aromatic heterocycles. The average Bonchev–Trinajstić information content (AvgIpc) is 2.80. The largest absolute Gasteiger partial charge is 0.478 e. The number of carboxylic acids is 1. The summed E-state index contributed by atoms with van der Waals surface area (Å²) in [5, 5.41) is 11.1. The monoisotopic (exact) mass is 282 g/mol. The van der Waals surface area contributed by atoms with Crippen LogP contribution in [0.3, 0.4) is 0 Å². The average molecular weight is 282 g/mol. The number of nitrogens with one attached hydrogen (secondary N) is 1. The maximum atomic E-state index is 11.7. The van der Waals surface area contributed by atoms with Crippen molar-refractivity contribution in [2.45, 2.75) is 12.8 Å². The van der Waals surface area contributed by atoms with Crippen molar-refractivity contribution in [3.8, 4) is 0 Å². The summed E-state index contributed by atoms with van der Waals surface area (Å²) in [5.41, 5.74) is 4.98. The van der Waals surface area contributed by atoms with E-state index >= 15 is 0 Å². The summed E-state index contributed by atoms with van der Waals surface area (Å²) in [6.45, 7) is 0.375. The molecule has 1 rings (SSSR count). The van der Waals surface area contributed by atoms with Gasteiger partial charge in [-0.05, 0) is 24.6 Å². The molecule has 2 amide bonds. The molecule has 0 aromatic carbocycles. The van der Waals surface area contributed by atoms with Crippen LogP contribution in [0, 0.1) is 0 Å². The second-order valence-electron chi connectivity index (χ2n) is 3.70. The molecule has 7 heteroatoms. The number of hydrogen-bond acceptors (Lipinski definition) is 4. The Kier molecular flexibility index (Phi) is 5.74. The van der Waals surface area contributed by atoms with Gasteiger partial charge in [-0.25, -0.2) is 4.79 Å². The van der Waals surface area contributed by atoms with Crippen LogP contribution in [0.5, 0.6) is 0 Å². The van der Waals surface area contributed by atoms with Crippen LogP contribution in [0.2, 0.25) is 0 Å². The number of hydrogen-bond donors (Lipinski definition) is 3. The standard InChI is InChI=1S/C12H14N2O4S/c13-10(15)2-1-7-14-12(18)9-5-3-8(19-9)4-6-11(16)17/h3-6H,1-2,7H2,(H2,13,15)(H,14,18)(H,16,17). The van der Waals surface area contributed by atoms with Gasteiger partial charge in [0, 0.05) is 23.9 Å². The number of nitrogens with two attached hydrogens (primary N) is 1. The highest BCUT2D eigenvalue weighted by Crippen LogP contribution is 2.17. The summed E-state index contributed by atoms with van der Waals surface area (Å²) in [5.74, 6) is -1.68. The molecule has 0 radical (unpaired) electrons. The van der Waals surface area contributed by atoms with Crippen molar-refractivity contribution in [1.29, 1.82) is 0 Å². The molecule has 0 bridgehead atoms. The zero-order chi connectivity index (χ0) is 14.3. The molecular formula is C12H14N2O4S. The molecule has 0 atom stereocenters. The van der Waals surface area contributed by atoms with Gasteiger partial charge in [-0.1, -0.05) is 0 Å². The fraction of sp³-hybridized carbons (Fsp3) is 0.250. The molecule has 4 N–H and O–H groups in total. The van der Waals surface area contributed by atoms with E-state index < -0.39 is 11.9 Å².